The number of benzene rings is 2. The largest absolute Gasteiger partial charge is 0.464 e. The van der Waals surface area contributed by atoms with E-state index in [-0.39, 0.29) is 5.69 Å². The van der Waals surface area contributed by atoms with Crippen molar-refractivity contribution in [3.05, 3.63) is 84.9 Å². The third kappa shape index (κ3) is 2.73. The summed E-state index contributed by atoms with van der Waals surface area (Å²) >= 11 is 0. The van der Waals surface area contributed by atoms with Crippen LogP contribution in [0.3, 0.4) is 0 Å². The Morgan fingerprint density at radius 1 is 0.897 bits per heavy atom. The third-order valence-electron chi connectivity index (χ3n) is 4.91. The highest BCUT2D eigenvalue weighted by atomic mass is 16.5. The van der Waals surface area contributed by atoms with Crippen molar-refractivity contribution >= 4 is 27.8 Å². The Hall–Kier alpha value is -4.06. The number of esters is 1. The molecule has 0 spiro atoms. The van der Waals surface area contributed by atoms with Crippen molar-refractivity contribution in [3.63, 3.8) is 0 Å². The summed E-state index contributed by atoms with van der Waals surface area (Å²) in [6, 6.07) is 19.8. The van der Waals surface area contributed by atoms with Gasteiger partial charge in [-0.2, -0.15) is 0 Å². The van der Waals surface area contributed by atoms with Gasteiger partial charge in [0, 0.05) is 28.7 Å². The van der Waals surface area contributed by atoms with Gasteiger partial charge in [-0.1, -0.05) is 48.5 Å². The minimum absolute atomic E-state index is 0.262. The average Bonchev–Trinajstić information content (AvgIpc) is 3.13. The Labute approximate surface area is 166 Å². The number of carbonyl (C=O) groups is 1. The van der Waals surface area contributed by atoms with Crippen LogP contribution in [0.5, 0.6) is 0 Å². The molecule has 5 rings (SSSR count). The fourth-order valence-corrected chi connectivity index (χ4v) is 3.65. The number of ether oxygens (including phenoxy) is 1. The molecule has 0 atom stereocenters. The van der Waals surface area contributed by atoms with Crippen molar-refractivity contribution in [2.24, 2.45) is 0 Å². The summed E-state index contributed by atoms with van der Waals surface area (Å²) in [6.45, 7) is 0. The molecular formula is C23H16N4O2. The predicted octanol–water partition coefficient (Wildman–Crippen LogP) is 4.42. The number of aromatic nitrogens is 4. The molecule has 0 radical (unpaired) electrons. The Kier molecular flexibility index (Phi) is 4.02. The average molecular weight is 380 g/mol. The van der Waals surface area contributed by atoms with Crippen molar-refractivity contribution in [2.75, 3.05) is 7.11 Å². The number of methoxy groups -OCH3 is 1. The minimum Gasteiger partial charge on any atom is -0.464 e. The molecule has 0 aliphatic rings. The van der Waals surface area contributed by atoms with E-state index in [9.17, 15) is 4.79 Å². The van der Waals surface area contributed by atoms with Gasteiger partial charge in [0.25, 0.3) is 0 Å². The molecule has 0 aliphatic carbocycles. The van der Waals surface area contributed by atoms with Gasteiger partial charge in [0.15, 0.2) is 0 Å². The molecule has 0 N–H and O–H groups in total. The summed E-state index contributed by atoms with van der Waals surface area (Å²) in [5, 5.41) is 1.88. The molecule has 0 saturated heterocycles. The van der Waals surface area contributed by atoms with Crippen molar-refractivity contribution < 1.29 is 9.53 Å². The SMILES string of the molecule is COC(=O)c1cc2c3cccc(-c4ccccc4)c3n(-c3ncccn3)c2cn1. The fraction of sp³-hybridized carbons (Fsp3) is 0.0435. The second-order valence-electron chi connectivity index (χ2n) is 6.53. The zero-order valence-corrected chi connectivity index (χ0v) is 15.6. The number of hydrogen-bond acceptors (Lipinski definition) is 5. The molecule has 6 heteroatoms. The van der Waals surface area contributed by atoms with Gasteiger partial charge in [-0.3, -0.25) is 4.57 Å². The van der Waals surface area contributed by atoms with Crippen LogP contribution in [0.25, 0.3) is 38.9 Å². The third-order valence-corrected chi connectivity index (χ3v) is 4.91. The van der Waals surface area contributed by atoms with Gasteiger partial charge in [0.05, 0.1) is 24.3 Å². The molecule has 5 aromatic rings. The zero-order valence-electron chi connectivity index (χ0n) is 15.6. The van der Waals surface area contributed by atoms with Crippen LogP contribution in [0.15, 0.2) is 79.3 Å². The molecule has 2 aromatic carbocycles. The van der Waals surface area contributed by atoms with Crippen LogP contribution in [-0.2, 0) is 4.74 Å². The fourth-order valence-electron chi connectivity index (χ4n) is 3.65. The molecular weight excluding hydrogens is 364 g/mol. The number of carbonyl (C=O) groups excluding carboxylic acids is 1. The van der Waals surface area contributed by atoms with Crippen LogP contribution >= 0.6 is 0 Å². The van der Waals surface area contributed by atoms with Gasteiger partial charge in [0.1, 0.15) is 5.69 Å². The molecule has 0 fully saturated rings. The van der Waals surface area contributed by atoms with E-state index in [2.05, 4.69) is 33.2 Å². The molecule has 3 aromatic heterocycles. The summed E-state index contributed by atoms with van der Waals surface area (Å²) in [4.78, 5) is 25.3. The molecule has 0 saturated carbocycles. The summed E-state index contributed by atoms with van der Waals surface area (Å²) in [6.07, 6.45) is 5.09. The lowest BCUT2D eigenvalue weighted by atomic mass is 10.0. The van der Waals surface area contributed by atoms with Gasteiger partial charge in [-0.25, -0.2) is 19.7 Å². The lowest BCUT2D eigenvalue weighted by Gasteiger charge is -2.09. The summed E-state index contributed by atoms with van der Waals surface area (Å²) in [7, 11) is 1.35. The standard InChI is InChI=1S/C23H16N4O2/c1-29-22(28)19-13-18-17-10-5-9-16(15-7-3-2-4-8-15)21(17)27(20(18)14-26-19)23-24-11-6-12-25-23/h2-14H,1H3. The Bertz CT molecular complexity index is 1350. The lowest BCUT2D eigenvalue weighted by molar-refractivity contribution is 0.0594. The number of para-hydroxylation sites is 1. The lowest BCUT2D eigenvalue weighted by Crippen LogP contribution is -2.04. The first-order valence-corrected chi connectivity index (χ1v) is 9.12. The highest BCUT2D eigenvalue weighted by Gasteiger charge is 2.19. The van der Waals surface area contributed by atoms with E-state index in [1.807, 2.05) is 34.9 Å². The van der Waals surface area contributed by atoms with Crippen LogP contribution in [0.1, 0.15) is 10.5 Å². The van der Waals surface area contributed by atoms with E-state index in [4.69, 9.17) is 4.74 Å². The Morgan fingerprint density at radius 3 is 2.45 bits per heavy atom. The molecule has 29 heavy (non-hydrogen) atoms. The topological polar surface area (TPSA) is 69.9 Å². The van der Waals surface area contributed by atoms with E-state index in [1.165, 1.54) is 7.11 Å². The van der Waals surface area contributed by atoms with Crippen molar-refractivity contribution in [1.82, 2.24) is 19.5 Å². The summed E-state index contributed by atoms with van der Waals surface area (Å²) in [5.41, 5.74) is 4.18. The normalized spacial score (nSPS) is 11.1. The van der Waals surface area contributed by atoms with Crippen LogP contribution in [-0.4, -0.2) is 32.6 Å². The Morgan fingerprint density at radius 2 is 1.69 bits per heavy atom. The maximum Gasteiger partial charge on any atom is 0.356 e. The molecule has 0 unspecified atom stereocenters. The van der Waals surface area contributed by atoms with Crippen molar-refractivity contribution in [1.29, 1.82) is 0 Å². The first-order valence-electron chi connectivity index (χ1n) is 9.12. The van der Waals surface area contributed by atoms with Gasteiger partial charge in [0.2, 0.25) is 5.95 Å². The summed E-state index contributed by atoms with van der Waals surface area (Å²) in [5.74, 6) is 0.0754. The quantitative estimate of drug-likeness (QED) is 0.433. The first-order chi connectivity index (χ1) is 14.3. The van der Waals surface area contributed by atoms with E-state index in [0.717, 1.165) is 32.9 Å². The first kappa shape index (κ1) is 17.1. The van der Waals surface area contributed by atoms with Gasteiger partial charge < -0.3 is 4.74 Å². The van der Waals surface area contributed by atoms with Crippen LogP contribution in [0.4, 0.5) is 0 Å². The summed E-state index contributed by atoms with van der Waals surface area (Å²) < 4.78 is 6.84. The molecule has 0 amide bonds. The number of pyridine rings is 1. The Balaban J connectivity index is 1.94. The predicted molar refractivity (Wildman–Crippen MR) is 111 cm³/mol. The van der Waals surface area contributed by atoms with E-state index < -0.39 is 5.97 Å². The number of hydrogen-bond donors (Lipinski definition) is 0. The van der Waals surface area contributed by atoms with Crippen molar-refractivity contribution in [3.8, 4) is 17.1 Å². The van der Waals surface area contributed by atoms with Gasteiger partial charge in [-0.15, -0.1) is 0 Å². The maximum absolute atomic E-state index is 12.0. The smallest absolute Gasteiger partial charge is 0.356 e. The molecule has 0 aliphatic heterocycles. The van der Waals surface area contributed by atoms with Crippen molar-refractivity contribution in [2.45, 2.75) is 0 Å². The second kappa shape index (κ2) is 6.83. The molecule has 140 valence electrons. The van der Waals surface area contributed by atoms with Crippen LogP contribution < -0.4 is 0 Å². The highest BCUT2D eigenvalue weighted by molar-refractivity contribution is 6.14. The number of fused-ring (bicyclic) bond motifs is 3. The minimum atomic E-state index is -0.469. The van der Waals surface area contributed by atoms with Crippen LogP contribution in [0, 0.1) is 0 Å². The molecule has 6 nitrogen and oxygen atoms in total. The monoisotopic (exact) mass is 380 g/mol. The molecule has 3 heterocycles. The van der Waals surface area contributed by atoms with E-state index >= 15 is 0 Å². The number of nitrogens with zero attached hydrogens (tertiary/aromatic N) is 4. The van der Waals surface area contributed by atoms with E-state index in [0.29, 0.717) is 5.95 Å². The van der Waals surface area contributed by atoms with Gasteiger partial charge in [-0.05, 0) is 17.7 Å². The van der Waals surface area contributed by atoms with Crippen LogP contribution in [0.2, 0.25) is 0 Å². The van der Waals surface area contributed by atoms with Gasteiger partial charge >= 0.3 is 5.97 Å². The maximum atomic E-state index is 12.0. The van der Waals surface area contributed by atoms with E-state index in [1.54, 1.807) is 30.7 Å². The highest BCUT2D eigenvalue weighted by Crippen LogP contribution is 2.37. The second-order valence-corrected chi connectivity index (χ2v) is 6.53. The molecule has 0 bridgehead atoms. The number of rotatable bonds is 3. The zero-order chi connectivity index (χ0) is 19.8.